The minimum Gasteiger partial charge on any atom is -0.484 e. The van der Waals surface area contributed by atoms with Crippen molar-refractivity contribution >= 4 is 17.3 Å². The Morgan fingerprint density at radius 2 is 1.90 bits per heavy atom. The quantitative estimate of drug-likeness (QED) is 0.360. The summed E-state index contributed by atoms with van der Waals surface area (Å²) in [6, 6.07) is 15.9. The smallest absolute Gasteiger partial charge is 0.283 e. The predicted molar refractivity (Wildman–Crippen MR) is 105 cm³/mol. The van der Waals surface area contributed by atoms with E-state index in [1.54, 1.807) is 36.4 Å². The second-order valence-corrected chi connectivity index (χ2v) is 6.06. The molecule has 0 saturated heterocycles. The molecular weight excluding hydrogens is 392 g/mol. The summed E-state index contributed by atoms with van der Waals surface area (Å²) in [5.41, 5.74) is 0.990. The highest BCUT2D eigenvalue weighted by molar-refractivity contribution is 5.92. The van der Waals surface area contributed by atoms with Gasteiger partial charge >= 0.3 is 0 Å². The number of nitrogens with zero attached hydrogens (tertiary/aromatic N) is 3. The number of anilines is 1. The SMILES string of the molecule is O=C(COc1cccc([N+](=O)[O-])c1)Nc1cccc(-c2nnc(-c3ccco3)o2)c1. The largest absolute Gasteiger partial charge is 0.484 e. The summed E-state index contributed by atoms with van der Waals surface area (Å²) in [6.07, 6.45) is 1.51. The van der Waals surface area contributed by atoms with Crippen molar-refractivity contribution in [3.05, 3.63) is 77.0 Å². The predicted octanol–water partition coefficient (Wildman–Crippen LogP) is 3.92. The highest BCUT2D eigenvalue weighted by Crippen LogP contribution is 2.26. The van der Waals surface area contributed by atoms with Crippen LogP contribution in [0.4, 0.5) is 11.4 Å². The topological polar surface area (TPSA) is 134 Å². The summed E-state index contributed by atoms with van der Waals surface area (Å²) >= 11 is 0. The maximum absolute atomic E-state index is 12.2. The van der Waals surface area contributed by atoms with Crippen molar-refractivity contribution in [1.29, 1.82) is 0 Å². The Balaban J connectivity index is 1.40. The summed E-state index contributed by atoms with van der Waals surface area (Å²) in [5, 5.41) is 21.4. The molecule has 10 heteroatoms. The molecule has 30 heavy (non-hydrogen) atoms. The molecule has 1 amide bonds. The summed E-state index contributed by atoms with van der Waals surface area (Å²) < 4.78 is 16.1. The number of aromatic nitrogens is 2. The second kappa shape index (κ2) is 8.27. The van der Waals surface area contributed by atoms with Gasteiger partial charge in [0.25, 0.3) is 17.5 Å². The molecule has 0 bridgehead atoms. The minimum atomic E-state index is -0.534. The standard InChI is InChI=1S/C20H14N4O6/c25-18(12-29-16-7-2-6-15(11-16)24(26)27)21-14-5-1-4-13(10-14)19-22-23-20(30-19)17-8-3-9-28-17/h1-11H,12H2,(H,21,25). The zero-order valence-corrected chi connectivity index (χ0v) is 15.3. The molecule has 0 aliphatic carbocycles. The number of nitrogens with one attached hydrogen (secondary N) is 1. The van der Waals surface area contributed by atoms with Gasteiger partial charge in [0.05, 0.1) is 17.3 Å². The molecule has 1 N–H and O–H groups in total. The van der Waals surface area contributed by atoms with Crippen molar-refractivity contribution in [2.75, 3.05) is 11.9 Å². The Labute approximate surface area is 169 Å². The number of nitro benzene ring substituents is 1. The van der Waals surface area contributed by atoms with Crippen LogP contribution in [-0.4, -0.2) is 27.6 Å². The molecule has 0 aliphatic heterocycles. The van der Waals surface area contributed by atoms with Gasteiger partial charge in [-0.05, 0) is 36.4 Å². The number of hydrogen-bond acceptors (Lipinski definition) is 8. The molecule has 0 aliphatic rings. The van der Waals surface area contributed by atoms with Gasteiger partial charge < -0.3 is 18.9 Å². The number of ether oxygens (including phenoxy) is 1. The average molecular weight is 406 g/mol. The van der Waals surface area contributed by atoms with Crippen LogP contribution in [0.25, 0.3) is 23.1 Å². The van der Waals surface area contributed by atoms with E-state index in [1.807, 2.05) is 0 Å². The van der Waals surface area contributed by atoms with Crippen LogP contribution in [0, 0.1) is 10.1 Å². The van der Waals surface area contributed by atoms with Crippen molar-refractivity contribution in [2.24, 2.45) is 0 Å². The number of benzene rings is 2. The fraction of sp³-hybridized carbons (Fsp3) is 0.0500. The lowest BCUT2D eigenvalue weighted by molar-refractivity contribution is -0.384. The number of rotatable bonds is 7. The molecule has 150 valence electrons. The first-order valence-corrected chi connectivity index (χ1v) is 8.73. The van der Waals surface area contributed by atoms with Crippen LogP contribution in [0.5, 0.6) is 5.75 Å². The molecule has 10 nitrogen and oxygen atoms in total. The van der Waals surface area contributed by atoms with Crippen molar-refractivity contribution in [1.82, 2.24) is 10.2 Å². The highest BCUT2D eigenvalue weighted by Gasteiger charge is 2.13. The molecule has 0 radical (unpaired) electrons. The molecular formula is C20H14N4O6. The number of nitro groups is 1. The van der Waals surface area contributed by atoms with Gasteiger partial charge in [0.15, 0.2) is 12.4 Å². The van der Waals surface area contributed by atoms with E-state index in [9.17, 15) is 14.9 Å². The fourth-order valence-corrected chi connectivity index (χ4v) is 2.60. The van der Waals surface area contributed by atoms with Crippen LogP contribution >= 0.6 is 0 Å². The third-order valence-corrected chi connectivity index (χ3v) is 3.95. The molecule has 2 aromatic carbocycles. The Bertz CT molecular complexity index is 1190. The number of amides is 1. The normalized spacial score (nSPS) is 10.5. The first-order valence-electron chi connectivity index (χ1n) is 8.73. The Morgan fingerprint density at radius 3 is 2.70 bits per heavy atom. The molecule has 0 spiro atoms. The van der Waals surface area contributed by atoms with Crippen LogP contribution in [-0.2, 0) is 4.79 Å². The second-order valence-electron chi connectivity index (χ2n) is 6.06. The molecule has 0 atom stereocenters. The van der Waals surface area contributed by atoms with Crippen molar-refractivity contribution < 1.29 is 23.3 Å². The van der Waals surface area contributed by atoms with Gasteiger partial charge in [-0.2, -0.15) is 0 Å². The molecule has 0 saturated carbocycles. The summed E-state index contributed by atoms with van der Waals surface area (Å²) in [5.74, 6) is 0.765. The maximum atomic E-state index is 12.2. The van der Waals surface area contributed by atoms with Crippen molar-refractivity contribution in [2.45, 2.75) is 0 Å². The molecule has 2 heterocycles. The summed E-state index contributed by atoms with van der Waals surface area (Å²) in [4.78, 5) is 22.4. The number of hydrogen-bond donors (Lipinski definition) is 1. The average Bonchev–Trinajstić information content (AvgIpc) is 3.44. The Kier molecular flexibility index (Phi) is 5.20. The van der Waals surface area contributed by atoms with Gasteiger partial charge in [0.1, 0.15) is 5.75 Å². The zero-order chi connectivity index (χ0) is 20.9. The highest BCUT2D eigenvalue weighted by atomic mass is 16.6. The summed E-state index contributed by atoms with van der Waals surface area (Å²) in [7, 11) is 0. The van der Waals surface area contributed by atoms with E-state index in [4.69, 9.17) is 13.6 Å². The first kappa shape index (κ1) is 18.9. The molecule has 4 aromatic rings. The van der Waals surface area contributed by atoms with Gasteiger partial charge in [-0.15, -0.1) is 10.2 Å². The van der Waals surface area contributed by atoms with Gasteiger partial charge in [0.2, 0.25) is 5.89 Å². The number of carbonyl (C=O) groups excluding carboxylic acids is 1. The molecule has 0 fully saturated rings. The third-order valence-electron chi connectivity index (χ3n) is 3.95. The molecule has 0 unspecified atom stereocenters. The lowest BCUT2D eigenvalue weighted by Crippen LogP contribution is -2.20. The van der Waals surface area contributed by atoms with E-state index in [0.717, 1.165) is 0 Å². The van der Waals surface area contributed by atoms with E-state index in [0.29, 0.717) is 17.0 Å². The van der Waals surface area contributed by atoms with E-state index >= 15 is 0 Å². The summed E-state index contributed by atoms with van der Waals surface area (Å²) in [6.45, 7) is -0.311. The zero-order valence-electron chi connectivity index (χ0n) is 15.3. The maximum Gasteiger partial charge on any atom is 0.283 e. The number of carbonyl (C=O) groups is 1. The van der Waals surface area contributed by atoms with Crippen LogP contribution < -0.4 is 10.1 Å². The van der Waals surface area contributed by atoms with E-state index in [2.05, 4.69) is 15.5 Å². The van der Waals surface area contributed by atoms with Crippen molar-refractivity contribution in [3.8, 4) is 28.9 Å². The third kappa shape index (κ3) is 4.33. The molecule has 4 rings (SSSR count). The van der Waals surface area contributed by atoms with Crippen molar-refractivity contribution in [3.63, 3.8) is 0 Å². The van der Waals surface area contributed by atoms with Crippen LogP contribution in [0.1, 0.15) is 0 Å². The van der Waals surface area contributed by atoms with E-state index < -0.39 is 10.8 Å². The van der Waals surface area contributed by atoms with Crippen LogP contribution in [0.2, 0.25) is 0 Å². The first-order chi connectivity index (χ1) is 14.6. The van der Waals surface area contributed by atoms with Crippen LogP contribution in [0.3, 0.4) is 0 Å². The Morgan fingerprint density at radius 1 is 1.07 bits per heavy atom. The van der Waals surface area contributed by atoms with Gasteiger partial charge in [-0.3, -0.25) is 14.9 Å². The van der Waals surface area contributed by atoms with E-state index in [-0.39, 0.29) is 29.8 Å². The van der Waals surface area contributed by atoms with Gasteiger partial charge in [-0.1, -0.05) is 12.1 Å². The monoisotopic (exact) mass is 406 g/mol. The van der Waals surface area contributed by atoms with E-state index in [1.165, 1.54) is 30.5 Å². The number of non-ortho nitro benzene ring substituents is 1. The lowest BCUT2D eigenvalue weighted by Gasteiger charge is -2.08. The van der Waals surface area contributed by atoms with Gasteiger partial charge in [0, 0.05) is 17.3 Å². The van der Waals surface area contributed by atoms with Crippen LogP contribution in [0.15, 0.2) is 75.8 Å². The fourth-order valence-electron chi connectivity index (χ4n) is 2.60. The lowest BCUT2D eigenvalue weighted by atomic mass is 10.2. The minimum absolute atomic E-state index is 0.117. The Hall–Kier alpha value is -4.47. The molecule has 2 aromatic heterocycles. The number of furan rings is 1. The van der Waals surface area contributed by atoms with Gasteiger partial charge in [-0.25, -0.2) is 0 Å².